The second-order valence-electron chi connectivity index (χ2n) is 4.13. The summed E-state index contributed by atoms with van der Waals surface area (Å²) < 4.78 is 5.16. The Bertz CT molecular complexity index is 208. The summed E-state index contributed by atoms with van der Waals surface area (Å²) in [5, 5.41) is 9.81. The van der Waals surface area contributed by atoms with E-state index in [-0.39, 0.29) is 5.78 Å². The molecule has 2 rings (SSSR count). The van der Waals surface area contributed by atoms with Crippen molar-refractivity contribution in [2.45, 2.75) is 38.2 Å². The molecule has 0 aromatic heterocycles. The zero-order valence-electron chi connectivity index (χ0n) is 7.79. The minimum atomic E-state index is -0.561. The Balaban J connectivity index is 2.18. The van der Waals surface area contributed by atoms with Gasteiger partial charge in [-0.3, -0.25) is 4.79 Å². The molecule has 2 atom stereocenters. The van der Waals surface area contributed by atoms with Gasteiger partial charge < -0.3 is 9.84 Å². The normalized spacial score (nSPS) is 41.0. The Morgan fingerprint density at radius 1 is 1.38 bits per heavy atom. The number of ether oxygens (including phenoxy) is 1. The number of carbonyl (C=O) groups excluding carboxylic acids is 1. The van der Waals surface area contributed by atoms with Gasteiger partial charge in [0, 0.05) is 13.0 Å². The smallest absolute Gasteiger partial charge is 0.141 e. The van der Waals surface area contributed by atoms with E-state index in [4.69, 9.17) is 4.74 Å². The first-order chi connectivity index (χ1) is 6.26. The summed E-state index contributed by atoms with van der Waals surface area (Å²) in [6, 6.07) is 0. The van der Waals surface area contributed by atoms with Crippen molar-refractivity contribution in [3.05, 3.63) is 0 Å². The molecule has 0 aromatic carbocycles. The van der Waals surface area contributed by atoms with Gasteiger partial charge in [0.05, 0.1) is 18.1 Å². The molecule has 1 aliphatic heterocycles. The van der Waals surface area contributed by atoms with Crippen molar-refractivity contribution >= 4 is 5.78 Å². The second-order valence-corrected chi connectivity index (χ2v) is 4.13. The van der Waals surface area contributed by atoms with Crippen LogP contribution in [0.15, 0.2) is 0 Å². The van der Waals surface area contributed by atoms with E-state index in [1.807, 2.05) is 0 Å². The Hall–Kier alpha value is -0.410. The Labute approximate surface area is 78.1 Å². The topological polar surface area (TPSA) is 46.5 Å². The van der Waals surface area contributed by atoms with E-state index in [1.54, 1.807) is 0 Å². The molecule has 1 spiro atoms. The lowest BCUT2D eigenvalue weighted by Crippen LogP contribution is -2.50. The Kier molecular flexibility index (Phi) is 2.39. The molecule has 13 heavy (non-hydrogen) atoms. The lowest BCUT2D eigenvalue weighted by molar-refractivity contribution is -0.155. The van der Waals surface area contributed by atoms with Crippen molar-refractivity contribution < 1.29 is 14.6 Å². The molecule has 1 saturated heterocycles. The predicted octanol–water partition coefficient (Wildman–Crippen LogP) is 0.897. The average Bonchev–Trinajstić information content (AvgIpc) is 2.15. The van der Waals surface area contributed by atoms with Crippen LogP contribution in [0, 0.1) is 5.41 Å². The second kappa shape index (κ2) is 3.39. The molecule has 1 N–H and O–H groups in total. The number of Topliss-reactive ketones (excluding diaryl/α,β-unsaturated/α-hetero) is 1. The molecule has 3 nitrogen and oxygen atoms in total. The maximum absolute atomic E-state index is 11.8. The number of rotatable bonds is 0. The molecule has 1 aliphatic carbocycles. The van der Waals surface area contributed by atoms with Crippen LogP contribution in [-0.4, -0.2) is 30.2 Å². The molecule has 0 aromatic rings. The van der Waals surface area contributed by atoms with E-state index in [9.17, 15) is 9.90 Å². The van der Waals surface area contributed by atoms with Crippen molar-refractivity contribution in [2.75, 3.05) is 13.2 Å². The molecule has 74 valence electrons. The van der Waals surface area contributed by atoms with Gasteiger partial charge in [-0.25, -0.2) is 0 Å². The van der Waals surface area contributed by atoms with Crippen LogP contribution in [0.3, 0.4) is 0 Å². The van der Waals surface area contributed by atoms with E-state index in [1.165, 1.54) is 0 Å². The van der Waals surface area contributed by atoms with Crippen molar-refractivity contribution in [3.63, 3.8) is 0 Å². The van der Waals surface area contributed by atoms with Crippen molar-refractivity contribution in [1.29, 1.82) is 0 Å². The number of aliphatic hydroxyl groups excluding tert-OH is 1. The van der Waals surface area contributed by atoms with E-state index >= 15 is 0 Å². The van der Waals surface area contributed by atoms with Crippen LogP contribution in [0.1, 0.15) is 32.1 Å². The van der Waals surface area contributed by atoms with Gasteiger partial charge >= 0.3 is 0 Å². The summed E-state index contributed by atoms with van der Waals surface area (Å²) in [4.78, 5) is 11.8. The highest BCUT2D eigenvalue weighted by molar-refractivity contribution is 5.86. The molecule has 2 aliphatic rings. The zero-order valence-corrected chi connectivity index (χ0v) is 7.79. The first-order valence-electron chi connectivity index (χ1n) is 5.05. The SMILES string of the molecule is O=C1CCCCC12CCOCC2O. The van der Waals surface area contributed by atoms with E-state index in [0.717, 1.165) is 19.3 Å². The largest absolute Gasteiger partial charge is 0.390 e. The van der Waals surface area contributed by atoms with Crippen LogP contribution >= 0.6 is 0 Å². The minimum absolute atomic E-state index is 0.259. The Morgan fingerprint density at radius 2 is 2.23 bits per heavy atom. The highest BCUT2D eigenvalue weighted by Crippen LogP contribution is 2.41. The van der Waals surface area contributed by atoms with Gasteiger partial charge in [-0.05, 0) is 19.3 Å². The van der Waals surface area contributed by atoms with Crippen LogP contribution < -0.4 is 0 Å². The van der Waals surface area contributed by atoms with Crippen molar-refractivity contribution in [3.8, 4) is 0 Å². The van der Waals surface area contributed by atoms with E-state index < -0.39 is 11.5 Å². The van der Waals surface area contributed by atoms with Gasteiger partial charge in [0.15, 0.2) is 0 Å². The minimum Gasteiger partial charge on any atom is -0.390 e. The predicted molar refractivity (Wildman–Crippen MR) is 47.4 cm³/mol. The fourth-order valence-electron chi connectivity index (χ4n) is 2.51. The first-order valence-corrected chi connectivity index (χ1v) is 5.05. The zero-order chi connectivity index (χ0) is 9.31. The summed E-state index contributed by atoms with van der Waals surface area (Å²) in [7, 11) is 0. The third-order valence-corrected chi connectivity index (χ3v) is 3.44. The molecule has 2 unspecified atom stereocenters. The number of hydrogen-bond acceptors (Lipinski definition) is 3. The summed E-state index contributed by atoms with van der Waals surface area (Å²) in [6.07, 6.45) is 3.73. The van der Waals surface area contributed by atoms with Crippen LogP contribution in [-0.2, 0) is 9.53 Å². The van der Waals surface area contributed by atoms with Gasteiger partial charge in [0.1, 0.15) is 5.78 Å². The lowest BCUT2D eigenvalue weighted by Gasteiger charge is -2.42. The fourth-order valence-corrected chi connectivity index (χ4v) is 2.51. The first kappa shape index (κ1) is 9.16. The third-order valence-electron chi connectivity index (χ3n) is 3.44. The number of ketones is 1. The van der Waals surface area contributed by atoms with Gasteiger partial charge in [0.2, 0.25) is 0 Å². The monoisotopic (exact) mass is 184 g/mol. The van der Waals surface area contributed by atoms with E-state index in [0.29, 0.717) is 26.1 Å². The molecule has 0 bridgehead atoms. The molecule has 3 heteroatoms. The number of carbonyl (C=O) groups is 1. The molecule has 2 fully saturated rings. The van der Waals surface area contributed by atoms with E-state index in [2.05, 4.69) is 0 Å². The maximum atomic E-state index is 11.8. The lowest BCUT2D eigenvalue weighted by atomic mass is 9.66. The Morgan fingerprint density at radius 3 is 2.92 bits per heavy atom. The molecular formula is C10H16O3. The van der Waals surface area contributed by atoms with Gasteiger partial charge in [0.25, 0.3) is 0 Å². The van der Waals surface area contributed by atoms with Crippen LogP contribution in [0.2, 0.25) is 0 Å². The molecule has 0 amide bonds. The summed E-state index contributed by atoms with van der Waals surface area (Å²) in [6.45, 7) is 0.967. The molecule has 1 heterocycles. The van der Waals surface area contributed by atoms with Gasteiger partial charge in [-0.2, -0.15) is 0 Å². The van der Waals surface area contributed by atoms with Gasteiger partial charge in [-0.1, -0.05) is 6.42 Å². The summed E-state index contributed by atoms with van der Waals surface area (Å²) in [5.74, 6) is 0.259. The van der Waals surface area contributed by atoms with Crippen molar-refractivity contribution in [2.24, 2.45) is 5.41 Å². The maximum Gasteiger partial charge on any atom is 0.141 e. The van der Waals surface area contributed by atoms with Crippen LogP contribution in [0.4, 0.5) is 0 Å². The molecular weight excluding hydrogens is 168 g/mol. The van der Waals surface area contributed by atoms with Crippen LogP contribution in [0.5, 0.6) is 0 Å². The third kappa shape index (κ3) is 1.40. The summed E-state index contributed by atoms with van der Waals surface area (Å²) in [5.41, 5.74) is -0.434. The highest BCUT2D eigenvalue weighted by atomic mass is 16.5. The average molecular weight is 184 g/mol. The standard InChI is InChI=1S/C10H16O3/c11-8-3-1-2-4-10(8)5-6-13-7-9(10)12/h9,12H,1-7H2. The molecule has 0 radical (unpaired) electrons. The van der Waals surface area contributed by atoms with Gasteiger partial charge in [-0.15, -0.1) is 0 Å². The van der Waals surface area contributed by atoms with Crippen LogP contribution in [0.25, 0.3) is 0 Å². The molecule has 1 saturated carbocycles. The quantitative estimate of drug-likeness (QED) is 0.608. The summed E-state index contributed by atoms with van der Waals surface area (Å²) >= 11 is 0. The fraction of sp³-hybridized carbons (Fsp3) is 0.900. The van der Waals surface area contributed by atoms with Crippen molar-refractivity contribution in [1.82, 2.24) is 0 Å². The highest BCUT2D eigenvalue weighted by Gasteiger charge is 2.47. The number of aliphatic hydroxyl groups is 1. The number of hydrogen-bond donors (Lipinski definition) is 1.